The fourth-order valence-corrected chi connectivity index (χ4v) is 3.15. The summed E-state index contributed by atoms with van der Waals surface area (Å²) < 4.78 is 4.98. The van der Waals surface area contributed by atoms with Crippen LogP contribution in [0.25, 0.3) is 11.0 Å². The molecule has 1 fully saturated rings. The molecular weight excluding hydrogens is 320 g/mol. The van der Waals surface area contributed by atoms with Gasteiger partial charge in [0.15, 0.2) is 5.54 Å². The van der Waals surface area contributed by atoms with Crippen molar-refractivity contribution in [3.63, 3.8) is 0 Å². The van der Waals surface area contributed by atoms with Crippen molar-refractivity contribution in [2.75, 3.05) is 26.2 Å². The number of amides is 1. The summed E-state index contributed by atoms with van der Waals surface area (Å²) in [6.45, 7) is 5.24. The van der Waals surface area contributed by atoms with Crippen LogP contribution in [0.4, 0.5) is 0 Å². The molecule has 1 saturated heterocycles. The first-order chi connectivity index (χ1) is 12.0. The number of aromatic amines is 1. The number of nitrogens with zero attached hydrogens (tertiary/aromatic N) is 2. The quantitative estimate of drug-likeness (QED) is 0.777. The number of likely N-dealkylation sites (tertiary alicyclic amines) is 1. The van der Waals surface area contributed by atoms with Gasteiger partial charge in [-0.05, 0) is 38.8 Å². The van der Waals surface area contributed by atoms with Crippen LogP contribution >= 0.6 is 0 Å². The molecule has 1 unspecified atom stereocenters. The van der Waals surface area contributed by atoms with Crippen molar-refractivity contribution >= 4 is 22.9 Å². The Labute approximate surface area is 146 Å². The van der Waals surface area contributed by atoms with Crippen molar-refractivity contribution in [3.05, 3.63) is 30.1 Å². The maximum atomic E-state index is 13.2. The van der Waals surface area contributed by atoms with E-state index in [0.717, 1.165) is 37.0 Å². The lowest BCUT2D eigenvalue weighted by Crippen LogP contribution is -2.55. The molecule has 0 spiro atoms. The number of carbonyl (C=O) groups is 2. The summed E-state index contributed by atoms with van der Waals surface area (Å²) in [5.41, 5.74) is 0.530. The second-order valence-electron chi connectivity index (χ2n) is 6.39. The number of aromatic nitrogens is 2. The van der Waals surface area contributed by atoms with Crippen LogP contribution in [0.1, 0.15) is 32.5 Å². The molecule has 1 aliphatic rings. The van der Waals surface area contributed by atoms with Crippen molar-refractivity contribution < 1.29 is 14.3 Å². The van der Waals surface area contributed by atoms with Crippen LogP contribution in [-0.2, 0) is 19.9 Å². The third-order valence-electron chi connectivity index (χ3n) is 4.58. The zero-order valence-corrected chi connectivity index (χ0v) is 14.7. The highest BCUT2D eigenvalue weighted by Crippen LogP contribution is 2.25. The molecule has 1 atom stereocenters. The molecule has 0 saturated carbocycles. The molecular formula is C18H24N4O3. The first kappa shape index (κ1) is 17.4. The van der Waals surface area contributed by atoms with Crippen molar-refractivity contribution in [2.45, 2.75) is 32.2 Å². The minimum atomic E-state index is -1.11. The standard InChI is InChI=1S/C18H24N4O3/c1-3-25-15(23)12-19-18(2,17(24)22-10-6-7-11-22)16-20-13-8-4-5-9-14(13)21-16/h4-5,8-9,19H,3,6-7,10-12H2,1-2H3,(H,20,21). The van der Waals surface area contributed by atoms with E-state index in [1.807, 2.05) is 29.2 Å². The second-order valence-corrected chi connectivity index (χ2v) is 6.39. The summed E-state index contributed by atoms with van der Waals surface area (Å²) in [4.78, 5) is 34.6. The Hall–Kier alpha value is -2.41. The van der Waals surface area contributed by atoms with Crippen LogP contribution in [-0.4, -0.2) is 53.0 Å². The number of para-hydroxylation sites is 2. The SMILES string of the molecule is CCOC(=O)CNC(C)(C(=O)N1CCCC1)c1nc2ccccc2[nH]1. The fraction of sp³-hybridized carbons (Fsp3) is 0.500. The lowest BCUT2D eigenvalue weighted by Gasteiger charge is -2.31. The number of fused-ring (bicyclic) bond motifs is 1. The Morgan fingerprint density at radius 1 is 1.32 bits per heavy atom. The number of hydrogen-bond acceptors (Lipinski definition) is 5. The molecule has 2 heterocycles. The van der Waals surface area contributed by atoms with Crippen molar-refractivity contribution in [3.8, 4) is 0 Å². The molecule has 25 heavy (non-hydrogen) atoms. The number of hydrogen-bond donors (Lipinski definition) is 2. The molecule has 3 rings (SSSR count). The van der Waals surface area contributed by atoms with Gasteiger partial charge in [-0.2, -0.15) is 0 Å². The van der Waals surface area contributed by atoms with Crippen LogP contribution < -0.4 is 5.32 Å². The van der Waals surface area contributed by atoms with E-state index in [9.17, 15) is 9.59 Å². The number of benzene rings is 1. The number of carbonyl (C=O) groups excluding carboxylic acids is 2. The summed E-state index contributed by atoms with van der Waals surface area (Å²) in [6, 6.07) is 7.62. The number of rotatable bonds is 6. The summed E-state index contributed by atoms with van der Waals surface area (Å²) >= 11 is 0. The molecule has 0 radical (unpaired) electrons. The molecule has 1 amide bonds. The van der Waals surface area contributed by atoms with Crippen molar-refractivity contribution in [1.82, 2.24) is 20.2 Å². The van der Waals surface area contributed by atoms with Gasteiger partial charge in [-0.15, -0.1) is 0 Å². The summed E-state index contributed by atoms with van der Waals surface area (Å²) in [5, 5.41) is 3.08. The average molecular weight is 344 g/mol. The molecule has 1 aromatic carbocycles. The van der Waals surface area contributed by atoms with Crippen LogP contribution in [0.15, 0.2) is 24.3 Å². The van der Waals surface area contributed by atoms with Crippen LogP contribution in [0.5, 0.6) is 0 Å². The van der Waals surface area contributed by atoms with E-state index in [2.05, 4.69) is 15.3 Å². The minimum absolute atomic E-state index is 0.0546. The highest BCUT2D eigenvalue weighted by atomic mass is 16.5. The van der Waals surface area contributed by atoms with E-state index in [-0.39, 0.29) is 18.4 Å². The Kier molecular flexibility index (Phi) is 5.03. The molecule has 0 aliphatic carbocycles. The maximum absolute atomic E-state index is 13.2. The Balaban J connectivity index is 1.92. The number of imidazole rings is 1. The van der Waals surface area contributed by atoms with Crippen LogP contribution in [0.3, 0.4) is 0 Å². The van der Waals surface area contributed by atoms with Gasteiger partial charge in [0.2, 0.25) is 5.91 Å². The number of H-pyrrole nitrogens is 1. The topological polar surface area (TPSA) is 87.3 Å². The van der Waals surface area contributed by atoms with Crippen LogP contribution in [0, 0.1) is 0 Å². The fourth-order valence-electron chi connectivity index (χ4n) is 3.15. The van der Waals surface area contributed by atoms with E-state index in [0.29, 0.717) is 12.4 Å². The van der Waals surface area contributed by atoms with Gasteiger partial charge >= 0.3 is 5.97 Å². The predicted octanol–water partition coefficient (Wildman–Crippen LogP) is 1.55. The molecule has 1 aliphatic heterocycles. The highest BCUT2D eigenvalue weighted by molar-refractivity contribution is 5.88. The highest BCUT2D eigenvalue weighted by Gasteiger charge is 2.42. The average Bonchev–Trinajstić information content (AvgIpc) is 3.28. The summed E-state index contributed by atoms with van der Waals surface area (Å²) in [6.07, 6.45) is 2.00. The molecule has 1 aromatic heterocycles. The monoisotopic (exact) mass is 344 g/mol. The third kappa shape index (κ3) is 3.51. The first-order valence-electron chi connectivity index (χ1n) is 8.70. The smallest absolute Gasteiger partial charge is 0.319 e. The minimum Gasteiger partial charge on any atom is -0.465 e. The normalized spacial score (nSPS) is 16.8. The number of esters is 1. The Bertz CT molecular complexity index is 734. The van der Waals surface area contributed by atoms with Gasteiger partial charge < -0.3 is 14.6 Å². The lowest BCUT2D eigenvalue weighted by molar-refractivity contribution is -0.143. The van der Waals surface area contributed by atoms with E-state index < -0.39 is 5.54 Å². The van der Waals surface area contributed by atoms with Gasteiger partial charge in [-0.3, -0.25) is 14.9 Å². The Morgan fingerprint density at radius 3 is 2.72 bits per heavy atom. The summed E-state index contributed by atoms with van der Waals surface area (Å²) in [5.74, 6) is 0.0438. The van der Waals surface area contributed by atoms with E-state index >= 15 is 0 Å². The second kappa shape index (κ2) is 7.23. The maximum Gasteiger partial charge on any atom is 0.319 e. The van der Waals surface area contributed by atoms with Gasteiger partial charge in [-0.1, -0.05) is 12.1 Å². The summed E-state index contributed by atoms with van der Waals surface area (Å²) in [7, 11) is 0. The zero-order chi connectivity index (χ0) is 17.9. The molecule has 134 valence electrons. The molecule has 7 heteroatoms. The number of ether oxygens (including phenoxy) is 1. The first-order valence-corrected chi connectivity index (χ1v) is 8.70. The third-order valence-corrected chi connectivity index (χ3v) is 4.58. The molecule has 7 nitrogen and oxygen atoms in total. The molecule has 0 bridgehead atoms. The Morgan fingerprint density at radius 2 is 2.04 bits per heavy atom. The van der Waals surface area contributed by atoms with Gasteiger partial charge in [0.25, 0.3) is 0 Å². The van der Waals surface area contributed by atoms with Gasteiger partial charge in [0.1, 0.15) is 5.82 Å². The zero-order valence-electron chi connectivity index (χ0n) is 14.7. The van der Waals surface area contributed by atoms with Gasteiger partial charge in [0, 0.05) is 13.1 Å². The van der Waals surface area contributed by atoms with Gasteiger partial charge in [-0.25, -0.2) is 4.98 Å². The van der Waals surface area contributed by atoms with Gasteiger partial charge in [0.05, 0.1) is 24.2 Å². The number of nitrogens with one attached hydrogen (secondary N) is 2. The van der Waals surface area contributed by atoms with Crippen LogP contribution in [0.2, 0.25) is 0 Å². The van der Waals surface area contributed by atoms with Crippen molar-refractivity contribution in [1.29, 1.82) is 0 Å². The lowest BCUT2D eigenvalue weighted by atomic mass is 9.99. The molecule has 2 N–H and O–H groups in total. The van der Waals surface area contributed by atoms with E-state index in [4.69, 9.17) is 4.74 Å². The predicted molar refractivity (Wildman–Crippen MR) is 93.9 cm³/mol. The van der Waals surface area contributed by atoms with E-state index in [1.54, 1.807) is 13.8 Å². The van der Waals surface area contributed by atoms with E-state index in [1.165, 1.54) is 0 Å². The van der Waals surface area contributed by atoms with Crippen molar-refractivity contribution in [2.24, 2.45) is 0 Å². The largest absolute Gasteiger partial charge is 0.465 e. The molecule has 2 aromatic rings.